The van der Waals surface area contributed by atoms with Gasteiger partial charge in [0.25, 0.3) is 0 Å². The van der Waals surface area contributed by atoms with E-state index in [1.165, 1.54) is 0 Å². The Bertz CT molecular complexity index is 4830. The fourth-order valence-electron chi connectivity index (χ4n) is 10.9. The van der Waals surface area contributed by atoms with Crippen LogP contribution in [0.3, 0.4) is 0 Å². The molecule has 0 aliphatic heterocycles. The van der Waals surface area contributed by atoms with E-state index in [1.54, 1.807) is 6.20 Å². The molecule has 0 saturated heterocycles. The Hall–Kier alpha value is -9.09. The van der Waals surface area contributed by atoms with Crippen molar-refractivity contribution < 1.29 is 30.9 Å². The van der Waals surface area contributed by atoms with E-state index in [4.69, 9.17) is 16.6 Å². The van der Waals surface area contributed by atoms with Crippen LogP contribution in [-0.2, 0) is 19.4 Å². The first kappa shape index (κ1) is 38.6. The summed E-state index contributed by atoms with van der Waals surface area (Å²) in [6, 6.07) is 74.6. The molecule has 74 heavy (non-hydrogen) atoms. The summed E-state index contributed by atoms with van der Waals surface area (Å²) in [5.74, 6) is 1.87. The van der Waals surface area contributed by atoms with Gasteiger partial charge in [-0.05, 0) is 18.1 Å². The minimum absolute atomic E-state index is 0.121. The third-order valence-corrected chi connectivity index (χ3v) is 15.1. The zero-order chi connectivity index (χ0) is 53.6. The number of hydrogen-bond acceptors (Lipinski definition) is 2. The molecule has 4 aromatic heterocycles. The molecule has 14 aromatic rings. The summed E-state index contributed by atoms with van der Waals surface area (Å²) in [5, 5.41) is 4.22. The Kier molecular flexibility index (Phi) is 9.32. The van der Waals surface area contributed by atoms with Gasteiger partial charge in [-0.15, -0.1) is 0 Å². The van der Waals surface area contributed by atoms with E-state index in [0.717, 1.165) is 97.6 Å². The molecule has 0 atom stereocenters. The van der Waals surface area contributed by atoms with Crippen LogP contribution in [0.2, 0.25) is 0 Å². The van der Waals surface area contributed by atoms with E-state index in [-0.39, 0.29) is 29.7 Å². The Morgan fingerprint density at radius 3 is 1.68 bits per heavy atom. The molecule has 354 valence electrons. The summed E-state index contributed by atoms with van der Waals surface area (Å²) in [5.41, 5.74) is 14.7. The van der Waals surface area contributed by atoms with Crippen molar-refractivity contribution >= 4 is 60.2 Å². The summed E-state index contributed by atoms with van der Waals surface area (Å²) in [4.78, 5) is 4.94. The zero-order valence-corrected chi connectivity index (χ0v) is 42.1. The quantitative estimate of drug-likeness (QED) is 0.152. The van der Waals surface area contributed by atoms with Gasteiger partial charge in [0.1, 0.15) is 0 Å². The molecule has 0 fully saturated rings. The molecule has 0 amide bonds. The fourth-order valence-corrected chi connectivity index (χ4v) is 11.9. The predicted octanol–water partition coefficient (Wildman–Crippen LogP) is 17.2. The molecule has 0 aliphatic carbocycles. The van der Waals surface area contributed by atoms with Crippen LogP contribution in [0.5, 0.6) is 11.5 Å². The normalized spacial score (nSPS) is 12.6. The van der Waals surface area contributed by atoms with Crippen LogP contribution in [0, 0.1) is 10.7 Å². The molecule has 0 bridgehead atoms. The summed E-state index contributed by atoms with van der Waals surface area (Å²) >= 11 is 2.53. The van der Waals surface area contributed by atoms with Crippen LogP contribution in [0.4, 0.5) is 0 Å². The molecule has 0 saturated carbocycles. The van der Waals surface area contributed by atoms with Crippen LogP contribution in [-0.4, -0.2) is 23.1 Å². The third kappa shape index (κ3) is 7.13. The number of pyridine rings is 1. The molecule has 10 aromatic carbocycles. The number of ether oxygens (including phenoxy) is 1. The number of benzene rings is 10. The molecule has 4 heterocycles. The molecule has 7 heteroatoms. The Balaban J connectivity index is 1.02. The smallest absolute Gasteiger partial charge is 0.0616 e. The van der Waals surface area contributed by atoms with E-state index in [1.807, 2.05) is 43.3 Å². The van der Waals surface area contributed by atoms with E-state index < -0.39 is 6.04 Å². The van der Waals surface area contributed by atoms with Gasteiger partial charge >= 0.3 is 368 Å². The summed E-state index contributed by atoms with van der Waals surface area (Å²) in [6.45, 7) is 1.88. The molecule has 0 unspecified atom stereocenters. The van der Waals surface area contributed by atoms with Gasteiger partial charge in [0.05, 0.1) is 6.85 Å². The number of aromatic nitrogens is 5. The topological polar surface area (TPSA) is 41.3 Å². The van der Waals surface area contributed by atoms with Gasteiger partial charge in [0.2, 0.25) is 0 Å². The summed E-state index contributed by atoms with van der Waals surface area (Å²) in [7, 11) is 0. The Labute approximate surface area is 445 Å². The Morgan fingerprint density at radius 1 is 0.432 bits per heavy atom. The van der Waals surface area contributed by atoms with Crippen LogP contribution < -0.4 is 4.74 Å². The number of para-hydroxylation sites is 5. The first-order valence-corrected chi connectivity index (χ1v) is 25.6. The van der Waals surface area contributed by atoms with Gasteiger partial charge in [-0.1, -0.05) is 42.3 Å². The maximum absolute atomic E-state index is 8.70. The van der Waals surface area contributed by atoms with Crippen LogP contribution in [0.15, 0.2) is 255 Å². The number of nitrogens with zero attached hydrogens (tertiary/aromatic N) is 5. The molecule has 14 rings (SSSR count). The van der Waals surface area contributed by atoms with E-state index in [2.05, 4.69) is 219 Å². The predicted molar refractivity (Wildman–Crippen MR) is 300 cm³/mol. The third-order valence-electron chi connectivity index (χ3n) is 14.1. The minimum atomic E-state index is -0.431. The van der Waals surface area contributed by atoms with Crippen molar-refractivity contribution in [3.8, 4) is 62.1 Å². The van der Waals surface area contributed by atoms with Crippen LogP contribution >= 0.6 is 0 Å². The van der Waals surface area contributed by atoms with Gasteiger partial charge < -0.3 is 0 Å². The number of hydrogen-bond donors (Lipinski definition) is 0. The molecule has 0 radical (unpaired) electrons. The SMILES string of the molecule is [2H]c1c([2H])c([2H])c(-c2cnc(-n3c4ccccc4c4ccc(Oc5ccc6c(c5)n5[c](=[Pt])n(-c7c(-c8ccccc8)cccc7-c7ccccc7)c7cccc(c8ccccc8n6-c6ccccc6)c75)cc43)cc2C)c([2H])c1[2H]. The summed E-state index contributed by atoms with van der Waals surface area (Å²) in [6.07, 6.45) is 1.61. The second-order valence-electron chi connectivity index (χ2n) is 18.3. The van der Waals surface area contributed by atoms with E-state index >= 15 is 0 Å². The van der Waals surface area contributed by atoms with E-state index in [9.17, 15) is 0 Å². The van der Waals surface area contributed by atoms with Gasteiger partial charge in [-0.2, -0.15) is 0 Å². The molecular weight excluding hydrogens is 1090 g/mol. The van der Waals surface area contributed by atoms with Crippen LogP contribution in [0.25, 0.3) is 111 Å². The number of imidazole rings is 1. The van der Waals surface area contributed by atoms with Crippen molar-refractivity contribution in [1.29, 1.82) is 0 Å². The standard InChI is InChI=1S/C67H45N5O.Pt/c1-45-40-65(68-43-58(45)48-24-10-4-11-25-48)72-60-34-17-14-28-54(60)56-38-36-50(41-63(56)72)73-51-37-39-61-64(42-51)70-44-69(66-52(46-20-6-2-7-21-46)30-18-31-53(66)47-22-8-3-9-23-47)62-35-19-32-57(67(62)70)55-29-15-16-33-59(55)71(61)49-26-12-5-13-27-49;/h2-43H,1H3;/i4D,10D,11D,24D,25D;. The van der Waals surface area contributed by atoms with Gasteiger partial charge in [-0.3, -0.25) is 0 Å². The van der Waals surface area contributed by atoms with Crippen molar-refractivity contribution in [2.24, 2.45) is 0 Å². The minimum Gasteiger partial charge on any atom is -0.0616 e. The van der Waals surface area contributed by atoms with Gasteiger partial charge in [0, 0.05) is 11.8 Å². The number of fused-ring (bicyclic) bond motifs is 7. The Morgan fingerprint density at radius 2 is 0.986 bits per heavy atom. The second kappa shape index (κ2) is 17.9. The first-order valence-electron chi connectivity index (χ1n) is 26.9. The molecule has 0 spiro atoms. The molecule has 0 N–H and O–H groups in total. The maximum atomic E-state index is 8.70. The summed E-state index contributed by atoms with van der Waals surface area (Å²) < 4.78 is 59.6. The molecule has 6 nitrogen and oxygen atoms in total. The van der Waals surface area contributed by atoms with Crippen molar-refractivity contribution in [2.75, 3.05) is 0 Å². The first-order chi connectivity index (χ1) is 38.6. The van der Waals surface area contributed by atoms with Crippen molar-refractivity contribution in [2.45, 2.75) is 6.92 Å². The van der Waals surface area contributed by atoms with Gasteiger partial charge in [0.15, 0.2) is 0 Å². The second-order valence-corrected chi connectivity index (χ2v) is 19.4. The fraction of sp³-hybridized carbons (Fsp3) is 0.0149. The molecular formula is C67H45N5OPt. The zero-order valence-electron chi connectivity index (χ0n) is 44.8. The van der Waals surface area contributed by atoms with Crippen molar-refractivity contribution in [3.05, 3.63) is 264 Å². The van der Waals surface area contributed by atoms with Crippen molar-refractivity contribution in [1.82, 2.24) is 23.1 Å². The average molecular weight is 1140 g/mol. The number of aryl methyl sites for hydroxylation is 1. The van der Waals surface area contributed by atoms with Crippen molar-refractivity contribution in [3.63, 3.8) is 0 Å². The average Bonchev–Trinajstić information content (AvgIpc) is 4.23. The monoisotopic (exact) mass is 1140 g/mol. The molecule has 0 aliphatic rings. The van der Waals surface area contributed by atoms with E-state index in [0.29, 0.717) is 28.4 Å². The van der Waals surface area contributed by atoms with Crippen LogP contribution in [0.1, 0.15) is 12.4 Å². The number of rotatable bonds is 8. The van der Waals surface area contributed by atoms with Gasteiger partial charge in [-0.25, -0.2) is 0 Å².